The van der Waals surface area contributed by atoms with Gasteiger partial charge in [-0.1, -0.05) is 13.8 Å². The zero-order valence-electron chi connectivity index (χ0n) is 15.2. The van der Waals surface area contributed by atoms with E-state index < -0.39 is 67.3 Å². The first kappa shape index (κ1) is 24.3. The van der Waals surface area contributed by atoms with E-state index in [1.165, 1.54) is 0 Å². The molecule has 0 saturated carbocycles. The maximum absolute atomic E-state index is 12.3. The molecule has 0 rings (SSSR count). The summed E-state index contributed by atoms with van der Waals surface area (Å²) in [6.45, 7) is 2.31. The van der Waals surface area contributed by atoms with Crippen molar-refractivity contribution in [3.63, 3.8) is 0 Å². The Morgan fingerprint density at radius 3 is 1.85 bits per heavy atom. The van der Waals surface area contributed by atoms with Crippen molar-refractivity contribution >= 4 is 29.6 Å². The van der Waals surface area contributed by atoms with Crippen LogP contribution in [0.15, 0.2) is 0 Å². The highest BCUT2D eigenvalue weighted by atomic mass is 16.4. The maximum Gasteiger partial charge on any atom is 0.326 e. The largest absolute Gasteiger partial charge is 0.480 e. The minimum absolute atomic E-state index is 0.0409. The van der Waals surface area contributed by atoms with Crippen LogP contribution in [0.1, 0.15) is 26.7 Å². The van der Waals surface area contributed by atoms with Gasteiger partial charge in [0.1, 0.15) is 18.1 Å². The van der Waals surface area contributed by atoms with Crippen molar-refractivity contribution in [1.82, 2.24) is 16.0 Å². The van der Waals surface area contributed by atoms with Crippen molar-refractivity contribution in [2.45, 2.75) is 44.8 Å². The third kappa shape index (κ3) is 9.51. The van der Waals surface area contributed by atoms with Crippen molar-refractivity contribution in [1.29, 1.82) is 0 Å². The Balaban J connectivity index is 5.21. The summed E-state index contributed by atoms with van der Waals surface area (Å²) in [7, 11) is 0. The molecule has 12 heteroatoms. The molecule has 0 fully saturated rings. The number of rotatable bonds is 12. The SMILES string of the molecule is CC(C)CC(NC(=O)C(CC(N)=O)NC(=O)C(CO)NC(=O)CN)C(=O)O. The summed E-state index contributed by atoms with van der Waals surface area (Å²) in [6, 6.07) is -4.11. The smallest absolute Gasteiger partial charge is 0.326 e. The molecule has 9 N–H and O–H groups in total. The number of primary amides is 1. The zero-order chi connectivity index (χ0) is 21.1. The van der Waals surface area contributed by atoms with E-state index >= 15 is 0 Å². The van der Waals surface area contributed by atoms with Crippen LogP contribution >= 0.6 is 0 Å². The third-order valence-corrected chi connectivity index (χ3v) is 3.38. The second-order valence-corrected chi connectivity index (χ2v) is 6.27. The second-order valence-electron chi connectivity index (χ2n) is 6.27. The van der Waals surface area contributed by atoms with Gasteiger partial charge in [0, 0.05) is 0 Å². The number of aliphatic hydroxyl groups is 1. The zero-order valence-corrected chi connectivity index (χ0v) is 15.2. The molecule has 27 heavy (non-hydrogen) atoms. The van der Waals surface area contributed by atoms with Crippen LogP contribution in [0.5, 0.6) is 0 Å². The van der Waals surface area contributed by atoms with Gasteiger partial charge in [-0.2, -0.15) is 0 Å². The Kier molecular flexibility index (Phi) is 10.6. The lowest BCUT2D eigenvalue weighted by Gasteiger charge is -2.23. The number of nitrogens with one attached hydrogen (secondary N) is 3. The van der Waals surface area contributed by atoms with Gasteiger partial charge in [0.05, 0.1) is 19.6 Å². The van der Waals surface area contributed by atoms with Crippen LogP contribution in [0.4, 0.5) is 0 Å². The van der Waals surface area contributed by atoms with Crippen LogP contribution in [0.3, 0.4) is 0 Å². The van der Waals surface area contributed by atoms with E-state index in [0.29, 0.717) is 0 Å². The van der Waals surface area contributed by atoms with E-state index in [2.05, 4.69) is 16.0 Å². The van der Waals surface area contributed by atoms with Gasteiger partial charge in [-0.15, -0.1) is 0 Å². The Labute approximate surface area is 156 Å². The van der Waals surface area contributed by atoms with Gasteiger partial charge in [-0.05, 0) is 12.3 Å². The van der Waals surface area contributed by atoms with Gasteiger partial charge in [-0.25, -0.2) is 4.79 Å². The molecule has 0 radical (unpaired) electrons. The third-order valence-electron chi connectivity index (χ3n) is 3.38. The van der Waals surface area contributed by atoms with E-state index in [0.717, 1.165) is 0 Å². The molecule has 3 atom stereocenters. The molecule has 0 aromatic rings. The lowest BCUT2D eigenvalue weighted by molar-refractivity contribution is -0.143. The Bertz CT molecular complexity index is 567. The van der Waals surface area contributed by atoms with Crippen molar-refractivity contribution in [2.24, 2.45) is 17.4 Å². The molecular weight excluding hydrogens is 362 g/mol. The van der Waals surface area contributed by atoms with Gasteiger partial charge >= 0.3 is 5.97 Å². The molecule has 0 aromatic heterocycles. The molecule has 0 aliphatic rings. The van der Waals surface area contributed by atoms with Gasteiger partial charge in [0.25, 0.3) is 0 Å². The Morgan fingerprint density at radius 1 is 0.926 bits per heavy atom. The number of hydrogen-bond donors (Lipinski definition) is 7. The van der Waals surface area contributed by atoms with Crippen molar-refractivity contribution in [3.05, 3.63) is 0 Å². The molecule has 0 spiro atoms. The Hall–Kier alpha value is -2.73. The van der Waals surface area contributed by atoms with E-state index in [1.54, 1.807) is 13.8 Å². The number of amides is 4. The molecule has 0 saturated heterocycles. The standard InChI is InChI=1S/C15H27N5O7/c1-7(2)3-9(15(26)27)20-13(24)8(4-11(17)22)19-14(25)10(6-21)18-12(23)5-16/h7-10,21H,3-6,16H2,1-2H3,(H2,17,22)(H,18,23)(H,19,25)(H,20,24)(H,26,27). The number of nitrogens with two attached hydrogens (primary N) is 2. The summed E-state index contributed by atoms with van der Waals surface area (Å²) >= 11 is 0. The van der Waals surface area contributed by atoms with Gasteiger partial charge in [-0.3, -0.25) is 19.2 Å². The summed E-state index contributed by atoms with van der Waals surface area (Å²) in [4.78, 5) is 58.2. The van der Waals surface area contributed by atoms with Crippen LogP contribution in [0.2, 0.25) is 0 Å². The number of aliphatic hydroxyl groups excluding tert-OH is 1. The molecule has 0 bridgehead atoms. The highest BCUT2D eigenvalue weighted by molar-refractivity contribution is 5.95. The van der Waals surface area contributed by atoms with Crippen molar-refractivity contribution in [3.8, 4) is 0 Å². The lowest BCUT2D eigenvalue weighted by atomic mass is 10.0. The van der Waals surface area contributed by atoms with Gasteiger partial charge < -0.3 is 37.6 Å². The molecule has 154 valence electrons. The molecule has 0 aromatic carbocycles. The first-order chi connectivity index (χ1) is 12.5. The summed E-state index contributed by atoms with van der Waals surface area (Å²) in [5, 5.41) is 24.9. The molecular formula is C15H27N5O7. The van der Waals surface area contributed by atoms with E-state index in [-0.39, 0.29) is 12.3 Å². The monoisotopic (exact) mass is 389 g/mol. The van der Waals surface area contributed by atoms with Crippen LogP contribution in [0.25, 0.3) is 0 Å². The van der Waals surface area contributed by atoms with Gasteiger partial charge in [0.2, 0.25) is 23.6 Å². The number of hydrogen-bond acceptors (Lipinski definition) is 7. The lowest BCUT2D eigenvalue weighted by Crippen LogP contribution is -2.57. The maximum atomic E-state index is 12.3. The second kappa shape index (κ2) is 11.8. The highest BCUT2D eigenvalue weighted by Gasteiger charge is 2.30. The van der Waals surface area contributed by atoms with Crippen LogP contribution in [-0.2, 0) is 24.0 Å². The van der Waals surface area contributed by atoms with Crippen LogP contribution < -0.4 is 27.4 Å². The molecule has 3 unspecified atom stereocenters. The molecule has 0 heterocycles. The fourth-order valence-electron chi connectivity index (χ4n) is 2.10. The minimum atomic E-state index is -1.48. The molecule has 0 aliphatic heterocycles. The quantitative estimate of drug-likeness (QED) is 0.176. The molecule has 12 nitrogen and oxygen atoms in total. The number of carbonyl (C=O) groups is 5. The predicted molar refractivity (Wildman–Crippen MR) is 92.8 cm³/mol. The van der Waals surface area contributed by atoms with Gasteiger partial charge in [0.15, 0.2) is 0 Å². The normalized spacial score (nSPS) is 14.0. The average Bonchev–Trinajstić information content (AvgIpc) is 2.56. The van der Waals surface area contributed by atoms with Crippen molar-refractivity contribution < 1.29 is 34.2 Å². The molecule has 0 aliphatic carbocycles. The molecule has 4 amide bonds. The fourth-order valence-corrected chi connectivity index (χ4v) is 2.10. The summed E-state index contributed by atoms with van der Waals surface area (Å²) in [5.74, 6) is -4.85. The Morgan fingerprint density at radius 2 is 1.44 bits per heavy atom. The fraction of sp³-hybridized carbons (Fsp3) is 0.667. The van der Waals surface area contributed by atoms with Crippen LogP contribution in [-0.4, -0.2) is 71.1 Å². The minimum Gasteiger partial charge on any atom is -0.480 e. The number of aliphatic carboxylic acids is 1. The summed E-state index contributed by atoms with van der Waals surface area (Å²) in [6.07, 6.45) is -0.474. The first-order valence-corrected chi connectivity index (χ1v) is 8.23. The number of carboxylic acid groups (broad SMARTS) is 1. The summed E-state index contributed by atoms with van der Waals surface area (Å²) in [5.41, 5.74) is 10.2. The average molecular weight is 389 g/mol. The highest BCUT2D eigenvalue weighted by Crippen LogP contribution is 2.06. The first-order valence-electron chi connectivity index (χ1n) is 8.23. The predicted octanol–water partition coefficient (Wildman–Crippen LogP) is -3.60. The summed E-state index contributed by atoms with van der Waals surface area (Å²) < 4.78 is 0. The van der Waals surface area contributed by atoms with Crippen LogP contribution in [0, 0.1) is 5.92 Å². The van der Waals surface area contributed by atoms with Crippen molar-refractivity contribution in [2.75, 3.05) is 13.2 Å². The van der Waals surface area contributed by atoms with E-state index in [9.17, 15) is 34.2 Å². The van der Waals surface area contributed by atoms with E-state index in [4.69, 9.17) is 11.5 Å². The topological polar surface area (TPSA) is 214 Å². The van der Waals surface area contributed by atoms with E-state index in [1.807, 2.05) is 0 Å². The number of carboxylic acids is 1. The number of carbonyl (C=O) groups excluding carboxylic acids is 4.